The van der Waals surface area contributed by atoms with Gasteiger partial charge < -0.3 is 0 Å². The third kappa shape index (κ3) is 5.92. The molecule has 0 aliphatic rings. The SMILES string of the molecule is CC(=O)C(F)(F)F.CCC(=O)C(F)(F)C(F)(F)F. The van der Waals surface area contributed by atoms with Gasteiger partial charge in [-0.05, 0) is 0 Å². The molecule has 18 heavy (non-hydrogen) atoms. The monoisotopic (exact) mass is 288 g/mol. The van der Waals surface area contributed by atoms with Crippen molar-refractivity contribution in [1.29, 1.82) is 0 Å². The smallest absolute Gasteiger partial charge is 0.293 e. The molecular weight excluding hydrogens is 280 g/mol. The highest BCUT2D eigenvalue weighted by molar-refractivity contribution is 5.86. The lowest BCUT2D eigenvalue weighted by atomic mass is 10.2. The van der Waals surface area contributed by atoms with Crippen LogP contribution in [0.2, 0.25) is 0 Å². The van der Waals surface area contributed by atoms with Crippen molar-refractivity contribution in [1.82, 2.24) is 0 Å². The molecule has 2 nitrogen and oxygen atoms in total. The van der Waals surface area contributed by atoms with Crippen molar-refractivity contribution in [2.75, 3.05) is 0 Å². The molecule has 0 fully saturated rings. The van der Waals surface area contributed by atoms with Crippen molar-refractivity contribution in [3.05, 3.63) is 0 Å². The lowest BCUT2D eigenvalue weighted by Gasteiger charge is -2.16. The van der Waals surface area contributed by atoms with Gasteiger partial charge in [-0.1, -0.05) is 6.92 Å². The van der Waals surface area contributed by atoms with Gasteiger partial charge in [0.15, 0.2) is 0 Å². The Morgan fingerprint density at radius 2 is 1.17 bits per heavy atom. The van der Waals surface area contributed by atoms with Crippen molar-refractivity contribution in [2.45, 2.75) is 38.5 Å². The van der Waals surface area contributed by atoms with Crippen LogP contribution in [-0.4, -0.2) is 29.8 Å². The minimum Gasteiger partial charge on any atom is -0.293 e. The maximum Gasteiger partial charge on any atom is 0.461 e. The van der Waals surface area contributed by atoms with E-state index in [4.69, 9.17) is 0 Å². The summed E-state index contributed by atoms with van der Waals surface area (Å²) >= 11 is 0. The first-order valence-electron chi connectivity index (χ1n) is 4.23. The Balaban J connectivity index is 0. The topological polar surface area (TPSA) is 34.1 Å². The molecule has 0 bridgehead atoms. The maximum absolute atomic E-state index is 11.8. The van der Waals surface area contributed by atoms with Crippen LogP contribution in [0, 0.1) is 0 Å². The number of hydrogen-bond donors (Lipinski definition) is 0. The Kier molecular flexibility index (Phi) is 6.48. The van der Waals surface area contributed by atoms with E-state index in [-0.39, 0.29) is 0 Å². The molecule has 0 aromatic rings. The van der Waals surface area contributed by atoms with Crippen LogP contribution in [0.25, 0.3) is 0 Å². The summed E-state index contributed by atoms with van der Waals surface area (Å²) in [5.41, 5.74) is 0. The van der Waals surface area contributed by atoms with Crippen LogP contribution in [0.15, 0.2) is 0 Å². The van der Waals surface area contributed by atoms with Crippen LogP contribution < -0.4 is 0 Å². The minimum atomic E-state index is -5.76. The molecule has 0 radical (unpaired) electrons. The molecule has 0 aliphatic heterocycles. The van der Waals surface area contributed by atoms with Gasteiger partial charge in [-0.2, -0.15) is 35.1 Å². The standard InChI is InChI=1S/C5H5F5O.C3H3F3O/c1-2-3(11)4(6,7)5(8,9)10;1-2(7)3(4,5)6/h2H2,1H3;1H3. The molecule has 0 rings (SSSR count). The van der Waals surface area contributed by atoms with E-state index in [1.54, 1.807) is 0 Å². The average Bonchev–Trinajstić information content (AvgIpc) is 2.14. The van der Waals surface area contributed by atoms with Crippen molar-refractivity contribution in [3.63, 3.8) is 0 Å². The predicted molar refractivity (Wildman–Crippen MR) is 43.0 cm³/mol. The summed E-state index contributed by atoms with van der Waals surface area (Å²) in [6, 6.07) is 0. The van der Waals surface area contributed by atoms with Crippen molar-refractivity contribution in [3.8, 4) is 0 Å². The fourth-order valence-corrected chi connectivity index (χ4v) is 0.380. The van der Waals surface area contributed by atoms with Crippen molar-refractivity contribution < 1.29 is 44.7 Å². The minimum absolute atomic E-state index is 0.486. The summed E-state index contributed by atoms with van der Waals surface area (Å²) in [6.45, 7) is 1.43. The lowest BCUT2D eigenvalue weighted by molar-refractivity contribution is -0.268. The lowest BCUT2D eigenvalue weighted by Crippen LogP contribution is -2.43. The highest BCUT2D eigenvalue weighted by Crippen LogP contribution is 2.36. The van der Waals surface area contributed by atoms with Gasteiger partial charge in [0.1, 0.15) is 0 Å². The van der Waals surface area contributed by atoms with E-state index in [0.29, 0.717) is 6.92 Å². The largest absolute Gasteiger partial charge is 0.461 e. The van der Waals surface area contributed by atoms with Crippen LogP contribution in [0.4, 0.5) is 35.1 Å². The molecule has 0 amide bonds. The quantitative estimate of drug-likeness (QED) is 0.731. The highest BCUT2D eigenvalue weighted by atomic mass is 19.4. The zero-order chi connectivity index (χ0) is 15.4. The van der Waals surface area contributed by atoms with E-state index in [9.17, 15) is 44.7 Å². The number of alkyl halides is 8. The van der Waals surface area contributed by atoms with E-state index in [0.717, 1.165) is 6.92 Å². The third-order valence-electron chi connectivity index (χ3n) is 1.43. The summed E-state index contributed by atoms with van der Waals surface area (Å²) in [7, 11) is 0. The van der Waals surface area contributed by atoms with E-state index in [1.807, 2.05) is 0 Å². The molecule has 0 heterocycles. The molecule has 0 unspecified atom stereocenters. The summed E-state index contributed by atoms with van der Waals surface area (Å²) in [5.74, 6) is -9.06. The molecule has 0 saturated heterocycles. The summed E-state index contributed by atoms with van der Waals surface area (Å²) in [6.07, 6.45) is -11.2. The Hall–Kier alpha value is -1.22. The highest BCUT2D eigenvalue weighted by Gasteiger charge is 2.62. The van der Waals surface area contributed by atoms with Crippen LogP contribution in [0.3, 0.4) is 0 Å². The van der Waals surface area contributed by atoms with Crippen LogP contribution in [0.1, 0.15) is 20.3 Å². The normalized spacial score (nSPS) is 12.6. The van der Waals surface area contributed by atoms with Gasteiger partial charge >= 0.3 is 18.3 Å². The van der Waals surface area contributed by atoms with Crippen molar-refractivity contribution >= 4 is 11.6 Å². The van der Waals surface area contributed by atoms with Crippen LogP contribution in [0.5, 0.6) is 0 Å². The Bertz CT molecular complexity index is 301. The van der Waals surface area contributed by atoms with Gasteiger partial charge in [0.05, 0.1) is 0 Å². The molecule has 10 heteroatoms. The molecule has 0 aliphatic carbocycles. The molecule has 0 aromatic carbocycles. The number of hydrogen-bond acceptors (Lipinski definition) is 2. The number of rotatable bonds is 2. The number of carbonyl (C=O) groups is 2. The molecular formula is C8H8F8O2. The van der Waals surface area contributed by atoms with Gasteiger partial charge in [0.2, 0.25) is 11.6 Å². The Labute approximate surface area is 95.9 Å². The molecule has 0 aromatic heterocycles. The molecule has 108 valence electrons. The number of ketones is 2. The fraction of sp³-hybridized carbons (Fsp3) is 0.750. The zero-order valence-corrected chi connectivity index (χ0v) is 9.05. The predicted octanol–water partition coefficient (Wildman–Crippen LogP) is 3.30. The summed E-state index contributed by atoms with van der Waals surface area (Å²) in [4.78, 5) is 19.4. The summed E-state index contributed by atoms with van der Waals surface area (Å²) < 4.78 is 90.1. The molecule has 0 spiro atoms. The number of carbonyl (C=O) groups excluding carboxylic acids is 2. The van der Waals surface area contributed by atoms with Gasteiger partial charge in [0, 0.05) is 13.3 Å². The first-order chi connectivity index (χ1) is 7.67. The van der Waals surface area contributed by atoms with Crippen LogP contribution in [-0.2, 0) is 9.59 Å². The Morgan fingerprint density at radius 3 is 1.22 bits per heavy atom. The first kappa shape index (κ1) is 19.1. The number of halogens is 8. The maximum atomic E-state index is 11.8. The average molecular weight is 288 g/mol. The zero-order valence-electron chi connectivity index (χ0n) is 9.05. The molecule has 0 atom stereocenters. The van der Waals surface area contributed by atoms with Gasteiger partial charge in [-0.3, -0.25) is 9.59 Å². The van der Waals surface area contributed by atoms with Crippen LogP contribution >= 0.6 is 0 Å². The Morgan fingerprint density at radius 1 is 0.889 bits per heavy atom. The second-order valence-electron chi connectivity index (χ2n) is 2.90. The number of Topliss-reactive ketones (excluding diaryl/α,β-unsaturated/α-hetero) is 2. The second-order valence-corrected chi connectivity index (χ2v) is 2.90. The van der Waals surface area contributed by atoms with Gasteiger partial charge in [-0.25, -0.2) is 0 Å². The van der Waals surface area contributed by atoms with E-state index >= 15 is 0 Å². The van der Waals surface area contributed by atoms with Gasteiger partial charge in [-0.15, -0.1) is 0 Å². The van der Waals surface area contributed by atoms with Gasteiger partial charge in [0.25, 0.3) is 0 Å². The second kappa shape index (κ2) is 6.10. The molecule has 0 saturated carbocycles. The van der Waals surface area contributed by atoms with E-state index in [1.165, 1.54) is 0 Å². The van der Waals surface area contributed by atoms with E-state index < -0.39 is 36.3 Å². The van der Waals surface area contributed by atoms with E-state index in [2.05, 4.69) is 0 Å². The fourth-order valence-electron chi connectivity index (χ4n) is 0.380. The van der Waals surface area contributed by atoms with Crippen molar-refractivity contribution in [2.24, 2.45) is 0 Å². The molecule has 0 N–H and O–H groups in total. The summed E-state index contributed by atoms with van der Waals surface area (Å²) in [5, 5.41) is 0. The first-order valence-corrected chi connectivity index (χ1v) is 4.23. The third-order valence-corrected chi connectivity index (χ3v) is 1.43.